The summed E-state index contributed by atoms with van der Waals surface area (Å²) in [5.41, 5.74) is 0.119. The van der Waals surface area contributed by atoms with Gasteiger partial charge in [-0.15, -0.1) is 0 Å². The van der Waals surface area contributed by atoms with E-state index in [0.29, 0.717) is 24.7 Å². The van der Waals surface area contributed by atoms with Gasteiger partial charge in [-0.05, 0) is 47.4 Å². The fourth-order valence-electron chi connectivity index (χ4n) is 8.27. The molecular weight excluding hydrogens is 773 g/mol. The van der Waals surface area contributed by atoms with Crippen molar-refractivity contribution in [2.75, 3.05) is 40.6 Å². The Balaban J connectivity index is 1.15. The smallest absolute Gasteiger partial charge is 0.330 e. The van der Waals surface area contributed by atoms with Crippen molar-refractivity contribution in [1.29, 1.82) is 0 Å². The second-order valence-electron chi connectivity index (χ2n) is 16.1. The lowest BCUT2D eigenvalue weighted by Crippen LogP contribution is -2.41. The predicted octanol–water partition coefficient (Wildman–Crippen LogP) is 9.48. The highest BCUT2D eigenvalue weighted by atomic mass is 16.6. The van der Waals surface area contributed by atoms with E-state index in [4.69, 9.17) is 28.4 Å². The van der Waals surface area contributed by atoms with Crippen molar-refractivity contribution in [3.05, 3.63) is 129 Å². The number of unbranched alkanes of at least 4 members (excludes halogenated alkanes) is 15. The van der Waals surface area contributed by atoms with Gasteiger partial charge in [-0.1, -0.05) is 158 Å². The molecule has 0 amide bonds. The quantitative estimate of drug-likeness (QED) is 0.0390. The van der Waals surface area contributed by atoms with Crippen LogP contribution in [0.2, 0.25) is 0 Å². The molecule has 0 saturated carbocycles. The molecule has 1 aliphatic rings. The van der Waals surface area contributed by atoms with Gasteiger partial charge in [-0.2, -0.15) is 0 Å². The molecule has 0 aliphatic carbocycles. The maximum Gasteiger partial charge on any atom is 0.330 e. The standard InChI is InChI=1S/C50H70N2O9/c1-4-5-6-7-8-9-10-11-12-13-14-15-16-17-18-22-35-58-36-37-59-47-46(54)44(61-48(47)52-34-33-45(53)51-49(52)55)38-60-50(39-23-20-19-21-24-39,40-25-29-42(56-2)30-26-40)41-27-31-43(57-3)32-28-41/h19-21,23-34,44,46-48,54H,4-18,22,35-38H2,1-3H3,(H,51,53,55). The highest BCUT2D eigenvalue weighted by Crippen LogP contribution is 2.43. The molecule has 0 spiro atoms. The molecule has 4 unspecified atom stereocenters. The monoisotopic (exact) mass is 843 g/mol. The number of H-pyrrole nitrogens is 1. The Bertz CT molecular complexity index is 1850. The Kier molecular flexibility index (Phi) is 20.6. The Hall–Kier alpha value is -4.26. The van der Waals surface area contributed by atoms with Crippen LogP contribution >= 0.6 is 0 Å². The number of aliphatic hydroxyl groups excluding tert-OH is 1. The summed E-state index contributed by atoms with van der Waals surface area (Å²) in [5.74, 6) is 1.39. The lowest BCUT2D eigenvalue weighted by molar-refractivity contribution is -0.0999. The number of ether oxygens (including phenoxy) is 6. The van der Waals surface area contributed by atoms with E-state index < -0.39 is 41.4 Å². The van der Waals surface area contributed by atoms with Crippen LogP contribution in [0.4, 0.5) is 0 Å². The summed E-state index contributed by atoms with van der Waals surface area (Å²) in [6.45, 7) is 3.32. The van der Waals surface area contributed by atoms with Crippen molar-refractivity contribution in [3.8, 4) is 11.5 Å². The van der Waals surface area contributed by atoms with Gasteiger partial charge in [0.2, 0.25) is 0 Å². The van der Waals surface area contributed by atoms with Gasteiger partial charge in [-0.25, -0.2) is 4.79 Å². The molecule has 11 nitrogen and oxygen atoms in total. The van der Waals surface area contributed by atoms with Crippen molar-refractivity contribution in [2.24, 2.45) is 0 Å². The van der Waals surface area contributed by atoms with Crippen LogP contribution in [0.1, 0.15) is 133 Å². The maximum atomic E-state index is 13.0. The fourth-order valence-corrected chi connectivity index (χ4v) is 8.27. The molecule has 0 bridgehead atoms. The van der Waals surface area contributed by atoms with Gasteiger partial charge in [0.15, 0.2) is 6.23 Å². The van der Waals surface area contributed by atoms with Crippen LogP contribution in [0.25, 0.3) is 0 Å². The third-order valence-corrected chi connectivity index (χ3v) is 11.8. The van der Waals surface area contributed by atoms with Gasteiger partial charge < -0.3 is 33.5 Å². The number of hydrogen-bond donors (Lipinski definition) is 2. The third-order valence-electron chi connectivity index (χ3n) is 11.8. The van der Waals surface area contributed by atoms with Crippen molar-refractivity contribution in [1.82, 2.24) is 9.55 Å². The maximum absolute atomic E-state index is 13.0. The van der Waals surface area contributed by atoms with E-state index in [9.17, 15) is 14.7 Å². The number of aliphatic hydroxyl groups is 1. The lowest BCUT2D eigenvalue weighted by atomic mass is 9.80. The molecular formula is C50H70N2O9. The Morgan fingerprint density at radius 2 is 1.15 bits per heavy atom. The number of nitrogens with one attached hydrogen (secondary N) is 1. The molecule has 1 aliphatic heterocycles. The van der Waals surface area contributed by atoms with Gasteiger partial charge >= 0.3 is 5.69 Å². The first-order valence-electron chi connectivity index (χ1n) is 22.7. The molecule has 1 fully saturated rings. The number of methoxy groups -OCH3 is 2. The first-order valence-corrected chi connectivity index (χ1v) is 22.7. The number of hydrogen-bond acceptors (Lipinski definition) is 9. The average Bonchev–Trinajstić information content (AvgIpc) is 3.60. The summed E-state index contributed by atoms with van der Waals surface area (Å²) in [5, 5.41) is 11.8. The second-order valence-corrected chi connectivity index (χ2v) is 16.1. The summed E-state index contributed by atoms with van der Waals surface area (Å²) >= 11 is 0. The largest absolute Gasteiger partial charge is 0.497 e. The van der Waals surface area contributed by atoms with Crippen LogP contribution in [0, 0.1) is 0 Å². The van der Waals surface area contributed by atoms with Gasteiger partial charge in [0.1, 0.15) is 35.4 Å². The van der Waals surface area contributed by atoms with E-state index in [1.54, 1.807) is 14.2 Å². The van der Waals surface area contributed by atoms with E-state index >= 15 is 0 Å². The fraction of sp³-hybridized carbons (Fsp3) is 0.560. The van der Waals surface area contributed by atoms with Crippen LogP contribution < -0.4 is 20.7 Å². The molecule has 1 saturated heterocycles. The zero-order valence-corrected chi connectivity index (χ0v) is 36.8. The molecule has 11 heteroatoms. The summed E-state index contributed by atoms with van der Waals surface area (Å²) in [4.78, 5) is 27.3. The molecule has 4 aromatic rings. The molecule has 2 heterocycles. The van der Waals surface area contributed by atoms with Gasteiger partial charge in [0, 0.05) is 18.9 Å². The number of aromatic nitrogens is 2. The molecule has 2 N–H and O–H groups in total. The number of benzene rings is 3. The molecule has 5 rings (SSSR count). The highest BCUT2D eigenvalue weighted by Gasteiger charge is 2.48. The summed E-state index contributed by atoms with van der Waals surface area (Å²) in [6.07, 6.45) is 18.3. The van der Waals surface area contributed by atoms with E-state index in [2.05, 4.69) is 11.9 Å². The zero-order chi connectivity index (χ0) is 43.1. The van der Waals surface area contributed by atoms with E-state index in [1.165, 1.54) is 107 Å². The lowest BCUT2D eigenvalue weighted by Gasteiger charge is -2.37. The SMILES string of the molecule is CCCCCCCCCCCCCCCCCCOCCOC1C(O)C(COC(c2ccccc2)(c2ccc(OC)cc2)c2ccc(OC)cc2)OC1n1ccc(=O)[nH]c1=O. The molecule has 1 aromatic heterocycles. The van der Waals surface area contributed by atoms with Gasteiger partial charge in [0.05, 0.1) is 34.0 Å². The Morgan fingerprint density at radius 1 is 0.639 bits per heavy atom. The van der Waals surface area contributed by atoms with Crippen LogP contribution in [0.5, 0.6) is 11.5 Å². The minimum Gasteiger partial charge on any atom is -0.497 e. The summed E-state index contributed by atoms with van der Waals surface area (Å²) in [7, 11) is 3.24. The van der Waals surface area contributed by atoms with Crippen molar-refractivity contribution >= 4 is 0 Å². The normalized spacial score (nSPS) is 17.8. The molecule has 3 aromatic carbocycles. The van der Waals surface area contributed by atoms with Crippen molar-refractivity contribution in [3.63, 3.8) is 0 Å². The number of aromatic amines is 1. The Morgan fingerprint density at radius 3 is 1.66 bits per heavy atom. The van der Waals surface area contributed by atoms with Crippen LogP contribution in [-0.2, 0) is 24.5 Å². The minimum atomic E-state index is -1.19. The molecule has 61 heavy (non-hydrogen) atoms. The average molecular weight is 843 g/mol. The van der Waals surface area contributed by atoms with Crippen LogP contribution in [0.3, 0.4) is 0 Å². The Labute approximate surface area is 362 Å². The summed E-state index contributed by atoms with van der Waals surface area (Å²) < 4.78 is 37.8. The first kappa shape index (κ1) is 47.8. The first-order chi connectivity index (χ1) is 29.9. The minimum absolute atomic E-state index is 0.0850. The zero-order valence-electron chi connectivity index (χ0n) is 36.8. The van der Waals surface area contributed by atoms with Crippen molar-refractivity contribution in [2.45, 2.75) is 140 Å². The third kappa shape index (κ3) is 14.1. The van der Waals surface area contributed by atoms with E-state index in [0.717, 1.165) is 29.5 Å². The second kappa shape index (κ2) is 26.3. The van der Waals surface area contributed by atoms with Crippen LogP contribution in [0.15, 0.2) is 101 Å². The summed E-state index contributed by atoms with van der Waals surface area (Å²) in [6, 6.07) is 26.4. The predicted molar refractivity (Wildman–Crippen MR) is 240 cm³/mol. The highest BCUT2D eigenvalue weighted by molar-refractivity contribution is 5.49. The number of nitrogens with zero attached hydrogens (tertiary/aromatic N) is 1. The van der Waals surface area contributed by atoms with Crippen molar-refractivity contribution < 1.29 is 33.5 Å². The van der Waals surface area contributed by atoms with Crippen LogP contribution in [-0.4, -0.2) is 73.6 Å². The molecule has 4 atom stereocenters. The molecule has 0 radical (unpaired) electrons. The van der Waals surface area contributed by atoms with Gasteiger partial charge in [0.25, 0.3) is 5.56 Å². The van der Waals surface area contributed by atoms with E-state index in [-0.39, 0.29) is 13.2 Å². The van der Waals surface area contributed by atoms with E-state index in [1.807, 2.05) is 78.9 Å². The van der Waals surface area contributed by atoms with Gasteiger partial charge in [-0.3, -0.25) is 14.3 Å². The number of rotatable bonds is 30. The molecule has 334 valence electrons. The topological polar surface area (TPSA) is 130 Å².